The molecule has 0 fully saturated rings. The molecular weight excluding hydrogens is 320 g/mol. The third kappa shape index (κ3) is 4.07. The maximum absolute atomic E-state index is 13.4. The molecule has 0 aliphatic rings. The van der Waals surface area contributed by atoms with Gasteiger partial charge in [-0.3, -0.25) is 0 Å². The van der Waals surface area contributed by atoms with Crippen molar-refractivity contribution >= 4 is 21.4 Å². The van der Waals surface area contributed by atoms with E-state index in [9.17, 15) is 22.3 Å². The lowest BCUT2D eigenvalue weighted by Crippen LogP contribution is -2.26. The number of rotatable bonds is 6. The van der Waals surface area contributed by atoms with E-state index >= 15 is 0 Å². The fourth-order valence-corrected chi connectivity index (χ4v) is 3.56. The Hall–Kier alpha value is -1.35. The Morgan fingerprint density at radius 1 is 1.29 bits per heavy atom. The van der Waals surface area contributed by atoms with Gasteiger partial charge in [0.15, 0.2) is 0 Å². The van der Waals surface area contributed by atoms with Crippen LogP contribution in [-0.2, 0) is 10.0 Å². The summed E-state index contributed by atoms with van der Waals surface area (Å²) in [5.41, 5.74) is 0.691. The van der Waals surface area contributed by atoms with Gasteiger partial charge in [-0.2, -0.15) is 11.3 Å². The van der Waals surface area contributed by atoms with E-state index in [1.165, 1.54) is 11.3 Å². The van der Waals surface area contributed by atoms with Crippen LogP contribution >= 0.6 is 11.3 Å². The van der Waals surface area contributed by atoms with Crippen LogP contribution in [0.4, 0.5) is 8.78 Å². The molecular formula is C13H13F2NO3S2. The van der Waals surface area contributed by atoms with E-state index in [4.69, 9.17) is 0 Å². The molecule has 2 rings (SSSR count). The third-order valence-corrected chi connectivity index (χ3v) is 5.00. The van der Waals surface area contributed by atoms with Crippen molar-refractivity contribution in [3.05, 3.63) is 52.2 Å². The van der Waals surface area contributed by atoms with Gasteiger partial charge in [0.25, 0.3) is 0 Å². The second-order valence-electron chi connectivity index (χ2n) is 4.33. The highest BCUT2D eigenvalue weighted by atomic mass is 32.2. The minimum Gasteiger partial charge on any atom is -0.388 e. The van der Waals surface area contributed by atoms with Crippen molar-refractivity contribution in [2.75, 3.05) is 6.54 Å². The maximum atomic E-state index is 13.4. The van der Waals surface area contributed by atoms with Gasteiger partial charge in [-0.15, -0.1) is 0 Å². The van der Waals surface area contributed by atoms with Crippen LogP contribution in [0.25, 0.3) is 0 Å². The average Bonchev–Trinajstić information content (AvgIpc) is 2.95. The van der Waals surface area contributed by atoms with Crippen LogP contribution in [0.3, 0.4) is 0 Å². The Bertz CT molecular complexity index is 702. The number of halogens is 2. The standard InChI is InChI=1S/C13H13F2NO3S2/c14-10-1-2-11(15)13(7-10)21(18,19)16-5-3-12(17)9-4-6-20-8-9/h1-2,4,6-8,12,16-17H,3,5H2. The molecule has 0 saturated carbocycles. The normalized spacial score (nSPS) is 13.3. The number of sulfonamides is 1. The quantitative estimate of drug-likeness (QED) is 0.853. The molecule has 0 bridgehead atoms. The molecule has 1 unspecified atom stereocenters. The zero-order valence-electron chi connectivity index (χ0n) is 10.8. The molecule has 1 aromatic heterocycles. The monoisotopic (exact) mass is 333 g/mol. The third-order valence-electron chi connectivity index (χ3n) is 2.82. The van der Waals surface area contributed by atoms with E-state index in [0.717, 1.165) is 12.1 Å². The molecule has 8 heteroatoms. The van der Waals surface area contributed by atoms with Gasteiger partial charge in [-0.25, -0.2) is 21.9 Å². The smallest absolute Gasteiger partial charge is 0.243 e. The van der Waals surface area contributed by atoms with Crippen molar-refractivity contribution in [1.82, 2.24) is 4.72 Å². The Balaban J connectivity index is 2.00. The molecule has 0 aliphatic carbocycles. The van der Waals surface area contributed by atoms with Crippen molar-refractivity contribution in [3.63, 3.8) is 0 Å². The van der Waals surface area contributed by atoms with E-state index in [2.05, 4.69) is 4.72 Å². The first kappa shape index (κ1) is 16.0. The molecule has 114 valence electrons. The molecule has 0 radical (unpaired) electrons. The van der Waals surface area contributed by atoms with Gasteiger partial charge in [0.05, 0.1) is 6.10 Å². The summed E-state index contributed by atoms with van der Waals surface area (Å²) in [7, 11) is -4.15. The van der Waals surface area contributed by atoms with Crippen LogP contribution in [0.5, 0.6) is 0 Å². The van der Waals surface area contributed by atoms with Crippen molar-refractivity contribution < 1.29 is 22.3 Å². The van der Waals surface area contributed by atoms with E-state index < -0.39 is 32.7 Å². The Morgan fingerprint density at radius 3 is 2.71 bits per heavy atom. The molecule has 4 nitrogen and oxygen atoms in total. The predicted octanol–water partition coefficient (Wildman–Crippen LogP) is 2.43. The molecule has 0 amide bonds. The minimum absolute atomic E-state index is 0.0880. The molecule has 0 saturated heterocycles. The van der Waals surface area contributed by atoms with Crippen molar-refractivity contribution in [3.8, 4) is 0 Å². The molecule has 2 aromatic rings. The molecule has 1 heterocycles. The van der Waals surface area contributed by atoms with Crippen LogP contribution in [0.15, 0.2) is 39.9 Å². The van der Waals surface area contributed by atoms with E-state index in [1.807, 2.05) is 0 Å². The highest BCUT2D eigenvalue weighted by Crippen LogP contribution is 2.19. The summed E-state index contributed by atoms with van der Waals surface area (Å²) in [4.78, 5) is -0.743. The number of thiophene rings is 1. The van der Waals surface area contributed by atoms with Crippen LogP contribution in [0, 0.1) is 11.6 Å². The van der Waals surface area contributed by atoms with E-state index in [-0.39, 0.29) is 13.0 Å². The number of nitrogens with one attached hydrogen (secondary N) is 1. The highest BCUT2D eigenvalue weighted by Gasteiger charge is 2.20. The first-order valence-electron chi connectivity index (χ1n) is 6.05. The summed E-state index contributed by atoms with van der Waals surface area (Å²) < 4.78 is 52.4. The second kappa shape index (κ2) is 6.61. The molecule has 0 aliphatic heterocycles. The number of aliphatic hydroxyl groups excluding tert-OH is 1. The lowest BCUT2D eigenvalue weighted by atomic mass is 10.1. The fraction of sp³-hybridized carbons (Fsp3) is 0.231. The summed E-state index contributed by atoms with van der Waals surface area (Å²) in [5.74, 6) is -1.86. The summed E-state index contributed by atoms with van der Waals surface area (Å²) >= 11 is 1.42. The van der Waals surface area contributed by atoms with Crippen LogP contribution in [0.1, 0.15) is 18.1 Å². The van der Waals surface area contributed by atoms with Gasteiger partial charge in [0.1, 0.15) is 16.5 Å². The Kier molecular flexibility index (Phi) is 5.04. The van der Waals surface area contributed by atoms with Crippen molar-refractivity contribution in [2.45, 2.75) is 17.4 Å². The van der Waals surface area contributed by atoms with E-state index in [1.54, 1.807) is 16.8 Å². The lowest BCUT2D eigenvalue weighted by Gasteiger charge is -2.11. The SMILES string of the molecule is O=S(=O)(NCCC(O)c1ccsc1)c1cc(F)ccc1F. The van der Waals surface area contributed by atoms with Crippen LogP contribution in [-0.4, -0.2) is 20.1 Å². The van der Waals surface area contributed by atoms with Gasteiger partial charge in [-0.05, 0) is 47.0 Å². The van der Waals surface area contributed by atoms with Gasteiger partial charge in [0, 0.05) is 6.54 Å². The van der Waals surface area contributed by atoms with Gasteiger partial charge >= 0.3 is 0 Å². The van der Waals surface area contributed by atoms with Crippen LogP contribution < -0.4 is 4.72 Å². The second-order valence-corrected chi connectivity index (χ2v) is 6.85. The molecule has 2 N–H and O–H groups in total. The van der Waals surface area contributed by atoms with Crippen molar-refractivity contribution in [1.29, 1.82) is 0 Å². The average molecular weight is 333 g/mol. The summed E-state index contributed by atoms with van der Waals surface area (Å²) in [6.45, 7) is -0.0880. The summed E-state index contributed by atoms with van der Waals surface area (Å²) in [5, 5.41) is 13.4. The molecule has 0 spiro atoms. The zero-order chi connectivity index (χ0) is 15.5. The van der Waals surface area contributed by atoms with Gasteiger partial charge < -0.3 is 5.11 Å². The number of hydrogen-bond donors (Lipinski definition) is 2. The predicted molar refractivity (Wildman–Crippen MR) is 75.4 cm³/mol. The fourth-order valence-electron chi connectivity index (χ4n) is 1.72. The zero-order valence-corrected chi connectivity index (χ0v) is 12.4. The molecule has 21 heavy (non-hydrogen) atoms. The van der Waals surface area contributed by atoms with E-state index in [0.29, 0.717) is 11.6 Å². The van der Waals surface area contributed by atoms with Gasteiger partial charge in [-0.1, -0.05) is 0 Å². The summed E-state index contributed by atoms with van der Waals surface area (Å²) in [6, 6.07) is 3.95. The molecule has 1 aromatic carbocycles. The first-order valence-corrected chi connectivity index (χ1v) is 8.47. The number of hydrogen-bond acceptors (Lipinski definition) is 4. The lowest BCUT2D eigenvalue weighted by molar-refractivity contribution is 0.169. The van der Waals surface area contributed by atoms with Gasteiger partial charge in [0.2, 0.25) is 10.0 Å². The number of benzene rings is 1. The summed E-state index contributed by atoms with van der Waals surface area (Å²) in [6.07, 6.45) is -0.677. The number of aliphatic hydroxyl groups is 1. The Labute approximate surface area is 125 Å². The minimum atomic E-state index is -4.15. The maximum Gasteiger partial charge on any atom is 0.243 e. The first-order chi connectivity index (χ1) is 9.90. The van der Waals surface area contributed by atoms with Crippen LogP contribution in [0.2, 0.25) is 0 Å². The molecule has 1 atom stereocenters. The van der Waals surface area contributed by atoms with Crippen molar-refractivity contribution in [2.24, 2.45) is 0 Å². The largest absolute Gasteiger partial charge is 0.388 e. The highest BCUT2D eigenvalue weighted by molar-refractivity contribution is 7.89. The topological polar surface area (TPSA) is 66.4 Å². The Morgan fingerprint density at radius 2 is 2.05 bits per heavy atom.